The highest BCUT2D eigenvalue weighted by atomic mass is 16.5. The van der Waals surface area contributed by atoms with Gasteiger partial charge in [0.25, 0.3) is 5.95 Å². The van der Waals surface area contributed by atoms with Crippen LogP contribution in [-0.2, 0) is 0 Å². The SMILES string of the molecule is C=CCCOc1nc(NCCC)nc(-n2cccn2)n1. The van der Waals surface area contributed by atoms with Crippen LogP contribution in [0.1, 0.15) is 19.8 Å². The number of anilines is 1. The van der Waals surface area contributed by atoms with Gasteiger partial charge >= 0.3 is 6.01 Å². The first-order chi connectivity index (χ1) is 9.83. The summed E-state index contributed by atoms with van der Waals surface area (Å²) in [5, 5.41) is 7.23. The van der Waals surface area contributed by atoms with E-state index in [0.717, 1.165) is 19.4 Å². The lowest BCUT2D eigenvalue weighted by molar-refractivity contribution is 0.297. The van der Waals surface area contributed by atoms with Crippen LogP contribution in [-0.4, -0.2) is 37.9 Å². The summed E-state index contributed by atoms with van der Waals surface area (Å²) in [6.45, 7) is 6.99. The molecule has 20 heavy (non-hydrogen) atoms. The highest BCUT2D eigenvalue weighted by Crippen LogP contribution is 2.11. The van der Waals surface area contributed by atoms with Gasteiger partial charge < -0.3 is 10.1 Å². The lowest BCUT2D eigenvalue weighted by Crippen LogP contribution is -2.12. The van der Waals surface area contributed by atoms with E-state index in [0.29, 0.717) is 18.5 Å². The minimum atomic E-state index is 0.283. The van der Waals surface area contributed by atoms with Gasteiger partial charge in [-0.3, -0.25) is 0 Å². The lowest BCUT2D eigenvalue weighted by Gasteiger charge is -2.08. The molecule has 106 valence electrons. The molecule has 7 heteroatoms. The van der Waals surface area contributed by atoms with E-state index in [2.05, 4.69) is 38.9 Å². The maximum absolute atomic E-state index is 5.49. The second kappa shape index (κ2) is 7.22. The monoisotopic (exact) mass is 274 g/mol. The molecule has 0 aliphatic rings. The molecule has 0 aliphatic carbocycles. The van der Waals surface area contributed by atoms with Crippen molar-refractivity contribution >= 4 is 5.95 Å². The van der Waals surface area contributed by atoms with Crippen molar-refractivity contribution in [2.75, 3.05) is 18.5 Å². The molecule has 0 aliphatic heterocycles. The predicted molar refractivity (Wildman–Crippen MR) is 76.0 cm³/mol. The van der Waals surface area contributed by atoms with Crippen LogP contribution in [0.15, 0.2) is 31.1 Å². The average Bonchev–Trinajstić information content (AvgIpc) is 2.99. The number of ether oxygens (including phenoxy) is 1. The fourth-order valence-electron chi connectivity index (χ4n) is 1.45. The summed E-state index contributed by atoms with van der Waals surface area (Å²) in [7, 11) is 0. The summed E-state index contributed by atoms with van der Waals surface area (Å²) in [5.41, 5.74) is 0. The van der Waals surface area contributed by atoms with Crippen molar-refractivity contribution in [3.8, 4) is 12.0 Å². The zero-order valence-electron chi connectivity index (χ0n) is 11.5. The van der Waals surface area contributed by atoms with E-state index in [9.17, 15) is 0 Å². The van der Waals surface area contributed by atoms with E-state index in [1.165, 1.54) is 0 Å². The smallest absolute Gasteiger partial charge is 0.323 e. The molecule has 0 radical (unpaired) electrons. The summed E-state index contributed by atoms with van der Waals surface area (Å²) in [6, 6.07) is 2.09. The fraction of sp³-hybridized carbons (Fsp3) is 0.385. The van der Waals surface area contributed by atoms with Crippen molar-refractivity contribution in [2.24, 2.45) is 0 Å². The Balaban J connectivity index is 2.21. The molecular weight excluding hydrogens is 256 g/mol. The molecule has 0 fully saturated rings. The first-order valence-electron chi connectivity index (χ1n) is 6.57. The van der Waals surface area contributed by atoms with Crippen LogP contribution in [0.25, 0.3) is 5.95 Å². The Morgan fingerprint density at radius 3 is 3.00 bits per heavy atom. The van der Waals surface area contributed by atoms with Crippen LogP contribution < -0.4 is 10.1 Å². The Morgan fingerprint density at radius 2 is 2.30 bits per heavy atom. The molecule has 0 aromatic carbocycles. The van der Waals surface area contributed by atoms with Crippen LogP contribution >= 0.6 is 0 Å². The first kappa shape index (κ1) is 14.0. The second-order valence-electron chi connectivity index (χ2n) is 4.04. The van der Waals surface area contributed by atoms with E-state index in [-0.39, 0.29) is 6.01 Å². The van der Waals surface area contributed by atoms with Gasteiger partial charge in [0.05, 0.1) is 6.61 Å². The molecule has 0 saturated carbocycles. The van der Waals surface area contributed by atoms with Crippen LogP contribution in [0.2, 0.25) is 0 Å². The number of hydrogen-bond donors (Lipinski definition) is 1. The molecule has 2 heterocycles. The largest absolute Gasteiger partial charge is 0.463 e. The molecule has 0 spiro atoms. The molecule has 1 N–H and O–H groups in total. The van der Waals surface area contributed by atoms with Crippen molar-refractivity contribution < 1.29 is 4.74 Å². The maximum atomic E-state index is 5.49. The summed E-state index contributed by atoms with van der Waals surface area (Å²) in [4.78, 5) is 12.8. The highest BCUT2D eigenvalue weighted by molar-refractivity contribution is 5.29. The van der Waals surface area contributed by atoms with Crippen molar-refractivity contribution in [3.05, 3.63) is 31.1 Å². The van der Waals surface area contributed by atoms with Crippen LogP contribution in [0.3, 0.4) is 0 Å². The van der Waals surface area contributed by atoms with E-state index >= 15 is 0 Å². The zero-order valence-corrected chi connectivity index (χ0v) is 11.5. The minimum Gasteiger partial charge on any atom is -0.463 e. The Morgan fingerprint density at radius 1 is 1.40 bits per heavy atom. The molecule has 2 aromatic rings. The molecule has 0 atom stereocenters. The molecular formula is C13H18N6O. The van der Waals surface area contributed by atoms with Gasteiger partial charge in [0.15, 0.2) is 0 Å². The molecule has 0 amide bonds. The predicted octanol–water partition coefficient (Wildman–Crippen LogP) is 1.83. The number of rotatable bonds is 8. The van der Waals surface area contributed by atoms with Gasteiger partial charge in [0, 0.05) is 18.9 Å². The van der Waals surface area contributed by atoms with E-state index in [1.54, 1.807) is 29.2 Å². The van der Waals surface area contributed by atoms with Crippen molar-refractivity contribution in [3.63, 3.8) is 0 Å². The molecule has 2 rings (SSSR count). The van der Waals surface area contributed by atoms with Gasteiger partial charge in [-0.25, -0.2) is 4.68 Å². The first-order valence-corrected chi connectivity index (χ1v) is 6.57. The summed E-state index contributed by atoms with van der Waals surface area (Å²) in [6.07, 6.45) is 6.94. The summed E-state index contributed by atoms with van der Waals surface area (Å²) in [5.74, 6) is 0.915. The quantitative estimate of drug-likeness (QED) is 0.584. The Hall–Kier alpha value is -2.44. The van der Waals surface area contributed by atoms with Gasteiger partial charge in [-0.1, -0.05) is 13.0 Å². The summed E-state index contributed by atoms with van der Waals surface area (Å²) >= 11 is 0. The second-order valence-corrected chi connectivity index (χ2v) is 4.04. The van der Waals surface area contributed by atoms with Gasteiger partial charge in [-0.15, -0.1) is 6.58 Å². The van der Waals surface area contributed by atoms with Crippen LogP contribution in [0, 0.1) is 0 Å². The van der Waals surface area contributed by atoms with Crippen LogP contribution in [0.4, 0.5) is 5.95 Å². The normalized spacial score (nSPS) is 10.2. The third kappa shape index (κ3) is 3.78. The highest BCUT2D eigenvalue weighted by Gasteiger charge is 2.09. The molecule has 7 nitrogen and oxygen atoms in total. The van der Waals surface area contributed by atoms with E-state index < -0.39 is 0 Å². The summed E-state index contributed by atoms with van der Waals surface area (Å²) < 4.78 is 7.06. The standard InChI is InChI=1S/C13H18N6O/c1-3-5-10-20-13-17-11(14-7-4-2)16-12(18-13)19-9-6-8-15-19/h3,6,8-9H,1,4-5,7,10H2,2H3,(H,14,16,17,18). The number of nitrogens with one attached hydrogen (secondary N) is 1. The van der Waals surface area contributed by atoms with E-state index in [4.69, 9.17) is 4.74 Å². The van der Waals surface area contributed by atoms with Gasteiger partial charge in [-0.05, 0) is 18.9 Å². The minimum absolute atomic E-state index is 0.283. The maximum Gasteiger partial charge on any atom is 0.323 e. The molecule has 2 aromatic heterocycles. The molecule has 0 unspecified atom stereocenters. The third-order valence-electron chi connectivity index (χ3n) is 2.40. The Kier molecular flexibility index (Phi) is 5.05. The average molecular weight is 274 g/mol. The van der Waals surface area contributed by atoms with E-state index in [1.807, 2.05) is 0 Å². The topological polar surface area (TPSA) is 77.8 Å². The van der Waals surface area contributed by atoms with Crippen molar-refractivity contribution in [2.45, 2.75) is 19.8 Å². The number of nitrogens with zero attached hydrogens (tertiary/aromatic N) is 5. The zero-order chi connectivity index (χ0) is 14.2. The lowest BCUT2D eigenvalue weighted by atomic mass is 10.5. The molecule has 0 bridgehead atoms. The third-order valence-corrected chi connectivity index (χ3v) is 2.40. The molecule has 0 saturated heterocycles. The number of hydrogen-bond acceptors (Lipinski definition) is 6. The van der Waals surface area contributed by atoms with Gasteiger partial charge in [0.2, 0.25) is 5.95 Å². The fourth-order valence-corrected chi connectivity index (χ4v) is 1.45. The van der Waals surface area contributed by atoms with Crippen molar-refractivity contribution in [1.82, 2.24) is 24.7 Å². The Labute approximate surface area is 117 Å². The van der Waals surface area contributed by atoms with Gasteiger partial charge in [-0.2, -0.15) is 20.1 Å². The van der Waals surface area contributed by atoms with Crippen molar-refractivity contribution in [1.29, 1.82) is 0 Å². The Bertz CT molecular complexity index is 540. The van der Waals surface area contributed by atoms with Crippen LogP contribution in [0.5, 0.6) is 6.01 Å². The van der Waals surface area contributed by atoms with Gasteiger partial charge in [0.1, 0.15) is 0 Å². The number of aromatic nitrogens is 5.